The predicted molar refractivity (Wildman–Crippen MR) is 436 cm³/mol. The molecular weight excluding hydrogens is 1940 g/mol. The maximum absolute atomic E-state index is 18.4. The van der Waals surface area contributed by atoms with E-state index in [2.05, 4.69) is 0 Å². The lowest BCUT2D eigenvalue weighted by atomic mass is 9.29. The van der Waals surface area contributed by atoms with Crippen LogP contribution < -0.4 is 0 Å². The van der Waals surface area contributed by atoms with Gasteiger partial charge in [-0.15, -0.1) is 0 Å². The van der Waals surface area contributed by atoms with Crippen molar-refractivity contribution in [3.8, 4) is 0 Å². The van der Waals surface area contributed by atoms with E-state index < -0.39 is 476 Å². The molecule has 0 saturated heterocycles. The number of carbonyl (C=O) groups excluding carboxylic acids is 20. The second-order valence-corrected chi connectivity index (χ2v) is 31.9. The predicted octanol–water partition coefficient (Wildman–Crippen LogP) is -28.0. The minimum Gasteiger partial charge on any atom is -0.393 e. The van der Waals surface area contributed by atoms with Crippen molar-refractivity contribution < 1.29 is 305 Å². The lowest BCUT2D eigenvalue weighted by Gasteiger charge is -2.67. The van der Waals surface area contributed by atoms with E-state index in [0.717, 1.165) is 13.8 Å². The third-order valence-corrected chi connectivity index (χ3v) is 24.2. The molecule has 0 aliphatic rings. The summed E-state index contributed by atoms with van der Waals surface area (Å²) in [5, 5.41) is 484. The number of aliphatic hydroxyl groups excluding tert-OH is 40. The highest BCUT2D eigenvalue weighted by atomic mass is 16.6. The number of ether oxygens (including phenoxy) is 1. The molecule has 20 atom stereocenters. The topological polar surface area (TPSA) is 1160 Å². The van der Waals surface area contributed by atoms with Crippen LogP contribution in [0.25, 0.3) is 0 Å². The fourth-order valence-electron chi connectivity index (χ4n) is 18.4. The number of carbonyl (C=O) groups is 20. The number of hydrogen-bond donors (Lipinski definition) is 40. The van der Waals surface area contributed by atoms with E-state index in [0.29, 0.717) is 0 Å². The van der Waals surface area contributed by atoms with E-state index in [1.54, 1.807) is 0 Å². The molecule has 61 nitrogen and oxygen atoms in total. The Balaban J connectivity index is 18.0. The third kappa shape index (κ3) is 21.4. The largest absolute Gasteiger partial charge is 0.393 e. The monoisotopic (exact) mass is 2060 g/mol. The van der Waals surface area contributed by atoms with Gasteiger partial charge >= 0.3 is 0 Å². The summed E-state index contributed by atoms with van der Waals surface area (Å²) < 4.78 is 5.91. The van der Waals surface area contributed by atoms with Crippen molar-refractivity contribution in [2.24, 2.45) is 43.3 Å². The summed E-state index contributed by atoms with van der Waals surface area (Å²) in [6.45, 7) is -63.5. The zero-order valence-electron chi connectivity index (χ0n) is 74.8. The van der Waals surface area contributed by atoms with Crippen LogP contribution in [0.15, 0.2) is 0 Å². The average Bonchev–Trinajstić information content (AvgIpc) is 0.627. The van der Waals surface area contributed by atoms with Crippen molar-refractivity contribution in [2.45, 2.75) is 198 Å². The number of rotatable bonds is 78. The molecule has 0 bridgehead atoms. The molecular formula is C80H122O61. The van der Waals surface area contributed by atoms with Gasteiger partial charge in [-0.1, -0.05) is 52.4 Å². The van der Waals surface area contributed by atoms with Crippen LogP contribution in [0.5, 0.6) is 0 Å². The number of Topliss-reactive ketones (excluding diaryl/α,β-unsaturated/α-hetero) is 20. The molecule has 61 heteroatoms. The number of unbranched alkanes of at least 4 members (excludes halogenated alkanes) is 4. The van der Waals surface area contributed by atoms with E-state index in [-0.39, 0.29) is 0 Å². The summed E-state index contributed by atoms with van der Waals surface area (Å²) in [6, 6.07) is 0. The van der Waals surface area contributed by atoms with Gasteiger partial charge in [-0.25, -0.2) is 0 Å². The summed E-state index contributed by atoms with van der Waals surface area (Å²) in [7, 11) is 0. The third-order valence-electron chi connectivity index (χ3n) is 24.2. The number of hydrogen-bond acceptors (Lipinski definition) is 61. The Bertz CT molecular complexity index is 3890. The van der Waals surface area contributed by atoms with Crippen LogP contribution in [0.4, 0.5) is 0 Å². The van der Waals surface area contributed by atoms with E-state index in [4.69, 9.17) is 4.74 Å². The highest BCUT2D eigenvalue weighted by molar-refractivity contribution is 6.41. The van der Waals surface area contributed by atoms with Gasteiger partial charge in [-0.05, 0) is 12.8 Å². The Hall–Kier alpha value is -8.24. The molecule has 0 spiro atoms. The fourth-order valence-corrected chi connectivity index (χ4v) is 18.4. The molecule has 0 aliphatic heterocycles. The molecule has 141 heavy (non-hydrogen) atoms. The molecule has 20 unspecified atom stereocenters. The highest BCUT2D eigenvalue weighted by Gasteiger charge is 2.99. The van der Waals surface area contributed by atoms with Crippen molar-refractivity contribution in [1.29, 1.82) is 0 Å². The molecule has 808 valence electrons. The van der Waals surface area contributed by atoms with Crippen LogP contribution in [-0.2, 0) is 101 Å². The van der Waals surface area contributed by atoms with Gasteiger partial charge < -0.3 is 209 Å². The van der Waals surface area contributed by atoms with Crippen LogP contribution in [0, 0.1) is 43.3 Å². The van der Waals surface area contributed by atoms with Gasteiger partial charge in [0.25, 0.3) is 0 Å². The molecule has 0 radical (unpaired) electrons. The van der Waals surface area contributed by atoms with E-state index >= 15 is 95.9 Å². The first-order valence-electron chi connectivity index (χ1n) is 42.0. The highest BCUT2D eigenvalue weighted by Crippen LogP contribution is 2.75. The zero-order valence-corrected chi connectivity index (χ0v) is 74.8. The van der Waals surface area contributed by atoms with Crippen LogP contribution >= 0.6 is 0 Å². The maximum atomic E-state index is 18.4. The molecule has 0 aromatic rings. The van der Waals surface area contributed by atoms with Crippen LogP contribution in [-0.4, -0.2) is 585 Å². The quantitative estimate of drug-likeness (QED) is 0.0199. The summed E-state index contributed by atoms with van der Waals surface area (Å²) in [6.07, 6.45) is -115. The Morgan fingerprint density at radius 2 is 0.262 bits per heavy atom. The Morgan fingerprint density at radius 1 is 0.156 bits per heavy atom. The van der Waals surface area contributed by atoms with Crippen LogP contribution in [0.3, 0.4) is 0 Å². The van der Waals surface area contributed by atoms with Gasteiger partial charge in [-0.3, -0.25) is 95.9 Å². The first-order valence-corrected chi connectivity index (χ1v) is 42.0. The van der Waals surface area contributed by atoms with Gasteiger partial charge in [0.1, 0.15) is 155 Å². The summed E-state index contributed by atoms with van der Waals surface area (Å²) in [4.78, 5) is 359. The number of ketones is 20. The minimum atomic E-state index is -8.57. The SMILES string of the molecule is CCCCCC(C(=O)C(O)CO)(C(=O)C(O)CO)C(C(=O)C(O)CO)(C(=O)C(O)CO)C(C(=O)C(O)CO)(C(=O)C(O)CO)C(C(=O)C(O)CO)(C(=O)C(O)CO)C(OC(C(=O)C(O)CO)(C(=O)C(O)CO)C(C(=O)C(O)CO)(C(=O)C(O)CO)C(C(=O)C(O)CO)(C(=O)C(O)CO)C(C(=O)C(O)CO)(C(=O)C(O)CO)C(CCCCC)(C(=O)C(O)CO)C(=O)C(O)CO)(C(=O)C(O)CO)C(=O)C(O)CO. The van der Waals surface area contributed by atoms with Gasteiger partial charge in [0.05, 0.1) is 132 Å². The summed E-state index contributed by atoms with van der Waals surface area (Å²) in [5.41, 5.74) is -78.5. The van der Waals surface area contributed by atoms with Crippen molar-refractivity contribution in [2.75, 3.05) is 132 Å². The molecule has 0 rings (SSSR count). The summed E-state index contributed by atoms with van der Waals surface area (Å²) in [5.74, 6) is -89.9. The normalized spacial score (nSPS) is 20.7. The Kier molecular flexibility index (Phi) is 52.6. The van der Waals surface area contributed by atoms with Crippen LogP contribution in [0.1, 0.15) is 65.2 Å². The Morgan fingerprint density at radius 3 is 0.383 bits per heavy atom. The lowest BCUT2D eigenvalue weighted by molar-refractivity contribution is -0.272. The van der Waals surface area contributed by atoms with E-state index in [1.807, 2.05) is 0 Å². The second-order valence-electron chi connectivity index (χ2n) is 31.9. The first-order chi connectivity index (χ1) is 65.7. The van der Waals surface area contributed by atoms with Gasteiger partial charge in [0.15, 0.2) is 103 Å². The Labute approximate surface area is 792 Å². The molecule has 0 heterocycles. The standard InChI is InChI=1S/C80H122O61/c1-3-5-7-9-71(51(121)31(101)11-81,52(122)32(102)12-82)73(55(125)35(105)15-85,56(126)36(106)16-86)75(59(129)39(109)19-89,60(130)40(110)20-90)77(63(133)43(113)23-93,64(134)44(114)24-94)79(67(137)47(117)27-97,68(138)48(118)28-98)141-80(69(139)49(119)29-99,70(140)50(120)30-100)78(65(135)45(115)25-95,66(136)46(116)26-96)76(61(131)41(111)21-91,62(132)42(112)22-92)74(57(127)37(107)17-87,58(128)38(108)18-88)72(10-8-6-4-2,53(123)33(103)13-83)54(124)34(104)14-84/h31-50,81-120H,3-30H2,1-2H3. The second kappa shape index (κ2) is 55.9. The van der Waals surface area contributed by atoms with E-state index in [9.17, 15) is 204 Å². The van der Waals surface area contributed by atoms with Gasteiger partial charge in [0, 0.05) is 0 Å². The fraction of sp³-hybridized carbons (Fsp3) is 0.750. The van der Waals surface area contributed by atoms with Crippen molar-refractivity contribution >= 4 is 116 Å². The molecule has 0 amide bonds. The van der Waals surface area contributed by atoms with Crippen molar-refractivity contribution in [1.82, 2.24) is 0 Å². The van der Waals surface area contributed by atoms with Crippen molar-refractivity contribution in [3.05, 3.63) is 0 Å². The van der Waals surface area contributed by atoms with Crippen LogP contribution in [0.2, 0.25) is 0 Å². The van der Waals surface area contributed by atoms with E-state index in [1.165, 1.54) is 0 Å². The average molecular weight is 2060 g/mol. The van der Waals surface area contributed by atoms with Gasteiger partial charge in [0.2, 0.25) is 34.3 Å². The molecule has 0 aromatic carbocycles. The molecule has 0 saturated carbocycles. The molecule has 0 aromatic heterocycles. The van der Waals surface area contributed by atoms with Gasteiger partial charge in [-0.2, -0.15) is 0 Å². The zero-order chi connectivity index (χ0) is 111. The minimum absolute atomic E-state index is 0.810. The summed E-state index contributed by atoms with van der Waals surface area (Å²) >= 11 is 0. The molecule has 0 aliphatic carbocycles. The van der Waals surface area contributed by atoms with Crippen molar-refractivity contribution in [3.63, 3.8) is 0 Å². The molecule has 0 fully saturated rings. The maximum Gasteiger partial charge on any atom is 0.212 e. The smallest absolute Gasteiger partial charge is 0.212 e. The lowest BCUT2D eigenvalue weighted by Crippen LogP contribution is -2.93. The number of aliphatic hydroxyl groups is 40. The molecule has 40 N–H and O–H groups in total. The first kappa shape index (κ1) is 133.